The summed E-state index contributed by atoms with van der Waals surface area (Å²) in [5.74, 6) is 1.63. The van der Waals surface area contributed by atoms with Crippen LogP contribution < -0.4 is 4.74 Å². The van der Waals surface area contributed by atoms with Crippen molar-refractivity contribution in [1.82, 2.24) is 0 Å². The number of nitriles is 1. The molecule has 0 saturated carbocycles. The minimum Gasteiger partial charge on any atom is -0.457 e. The van der Waals surface area contributed by atoms with E-state index in [1.54, 1.807) is 0 Å². The maximum atomic E-state index is 8.61. The molecule has 0 aromatic heterocycles. The average Bonchev–Trinajstić information content (AvgIpc) is 2.42. The molecule has 0 spiro atoms. The zero-order valence-corrected chi connectivity index (χ0v) is 11.4. The van der Waals surface area contributed by atoms with Crippen molar-refractivity contribution in [1.29, 1.82) is 5.26 Å². The molecule has 0 aliphatic carbocycles. The van der Waals surface area contributed by atoms with Gasteiger partial charge >= 0.3 is 0 Å². The Bertz CT molecular complexity index is 557. The normalized spacial score (nSPS) is 9.78. The standard InChI is InChI=1S/C15H12BrNO/c16-11-13-3-1-2-4-15(13)18-14-7-5-12(6-8-14)9-10-17/h1-8H,9,11H2. The van der Waals surface area contributed by atoms with Crippen molar-refractivity contribution in [2.24, 2.45) is 0 Å². The molecule has 0 aliphatic rings. The van der Waals surface area contributed by atoms with Crippen LogP contribution in [-0.2, 0) is 11.8 Å². The SMILES string of the molecule is N#CCc1ccc(Oc2ccccc2CBr)cc1. The quantitative estimate of drug-likeness (QED) is 0.782. The number of para-hydroxylation sites is 1. The summed E-state index contributed by atoms with van der Waals surface area (Å²) >= 11 is 3.44. The lowest BCUT2D eigenvalue weighted by Gasteiger charge is -2.09. The Kier molecular flexibility index (Phi) is 4.38. The molecule has 0 bridgehead atoms. The van der Waals surface area contributed by atoms with Gasteiger partial charge in [-0.2, -0.15) is 5.26 Å². The molecular weight excluding hydrogens is 290 g/mol. The lowest BCUT2D eigenvalue weighted by atomic mass is 10.1. The molecule has 0 N–H and O–H groups in total. The summed E-state index contributed by atoms with van der Waals surface area (Å²) in [6.07, 6.45) is 0.429. The molecule has 0 radical (unpaired) electrons. The Morgan fingerprint density at radius 3 is 2.44 bits per heavy atom. The van der Waals surface area contributed by atoms with Gasteiger partial charge in [-0.1, -0.05) is 46.3 Å². The van der Waals surface area contributed by atoms with Crippen molar-refractivity contribution in [3.63, 3.8) is 0 Å². The van der Waals surface area contributed by atoms with Gasteiger partial charge in [-0.25, -0.2) is 0 Å². The maximum Gasteiger partial charge on any atom is 0.131 e. The Hall–Kier alpha value is -1.79. The van der Waals surface area contributed by atoms with E-state index in [9.17, 15) is 0 Å². The first-order valence-corrected chi connectivity index (χ1v) is 6.73. The molecule has 90 valence electrons. The Morgan fingerprint density at radius 1 is 1.06 bits per heavy atom. The summed E-state index contributed by atoms with van der Waals surface area (Å²) in [4.78, 5) is 0. The monoisotopic (exact) mass is 301 g/mol. The van der Waals surface area contributed by atoms with Gasteiger partial charge in [-0.15, -0.1) is 0 Å². The lowest BCUT2D eigenvalue weighted by Crippen LogP contribution is -1.89. The van der Waals surface area contributed by atoms with Gasteiger partial charge in [0.05, 0.1) is 12.5 Å². The van der Waals surface area contributed by atoms with Crippen LogP contribution in [0.2, 0.25) is 0 Å². The van der Waals surface area contributed by atoms with Gasteiger partial charge in [0.25, 0.3) is 0 Å². The fraction of sp³-hybridized carbons (Fsp3) is 0.133. The minimum atomic E-state index is 0.429. The van der Waals surface area contributed by atoms with E-state index < -0.39 is 0 Å². The van der Waals surface area contributed by atoms with Crippen molar-refractivity contribution >= 4 is 15.9 Å². The molecule has 0 aliphatic heterocycles. The predicted octanol–water partition coefficient (Wildman–Crippen LogP) is 4.44. The van der Waals surface area contributed by atoms with E-state index >= 15 is 0 Å². The first-order valence-electron chi connectivity index (χ1n) is 5.61. The highest BCUT2D eigenvalue weighted by Gasteiger charge is 2.03. The first-order chi connectivity index (χ1) is 8.83. The molecular formula is C15H12BrNO. The van der Waals surface area contributed by atoms with Gasteiger partial charge < -0.3 is 4.74 Å². The summed E-state index contributed by atoms with van der Waals surface area (Å²) in [5, 5.41) is 9.37. The molecule has 2 aromatic rings. The van der Waals surface area contributed by atoms with E-state index in [1.807, 2.05) is 48.5 Å². The molecule has 0 amide bonds. The lowest BCUT2D eigenvalue weighted by molar-refractivity contribution is 0.478. The van der Waals surface area contributed by atoms with Gasteiger partial charge in [0, 0.05) is 10.9 Å². The zero-order chi connectivity index (χ0) is 12.8. The predicted molar refractivity (Wildman–Crippen MR) is 74.9 cm³/mol. The molecule has 0 heterocycles. The number of benzene rings is 2. The van der Waals surface area contributed by atoms with Crippen molar-refractivity contribution in [2.75, 3.05) is 0 Å². The molecule has 0 fully saturated rings. The topological polar surface area (TPSA) is 33.0 Å². The fourth-order valence-electron chi connectivity index (χ4n) is 1.61. The molecule has 0 saturated heterocycles. The summed E-state index contributed by atoms with van der Waals surface area (Å²) in [5.41, 5.74) is 2.11. The number of rotatable bonds is 4. The van der Waals surface area contributed by atoms with Gasteiger partial charge in [0.1, 0.15) is 11.5 Å². The summed E-state index contributed by atoms with van der Waals surface area (Å²) in [7, 11) is 0. The van der Waals surface area contributed by atoms with Gasteiger partial charge in [-0.3, -0.25) is 0 Å². The second-order valence-electron chi connectivity index (χ2n) is 3.82. The van der Waals surface area contributed by atoms with Crippen LogP contribution in [0.1, 0.15) is 11.1 Å². The van der Waals surface area contributed by atoms with Crippen molar-refractivity contribution in [2.45, 2.75) is 11.8 Å². The summed E-state index contributed by atoms with van der Waals surface area (Å²) in [6, 6.07) is 17.6. The molecule has 18 heavy (non-hydrogen) atoms. The van der Waals surface area contributed by atoms with Crippen LogP contribution in [0, 0.1) is 11.3 Å². The van der Waals surface area contributed by atoms with Crippen LogP contribution in [0.4, 0.5) is 0 Å². The third kappa shape index (κ3) is 3.12. The van der Waals surface area contributed by atoms with Gasteiger partial charge in [-0.05, 0) is 23.8 Å². The van der Waals surface area contributed by atoms with Crippen LogP contribution in [0.3, 0.4) is 0 Å². The smallest absolute Gasteiger partial charge is 0.131 e. The van der Waals surface area contributed by atoms with E-state index in [2.05, 4.69) is 22.0 Å². The minimum absolute atomic E-state index is 0.429. The Balaban J connectivity index is 2.16. The second-order valence-corrected chi connectivity index (χ2v) is 4.38. The average molecular weight is 302 g/mol. The van der Waals surface area contributed by atoms with Crippen molar-refractivity contribution in [3.05, 3.63) is 59.7 Å². The third-order valence-corrected chi connectivity index (χ3v) is 3.16. The highest BCUT2D eigenvalue weighted by Crippen LogP contribution is 2.26. The molecule has 0 atom stereocenters. The highest BCUT2D eigenvalue weighted by atomic mass is 79.9. The number of alkyl halides is 1. The van der Waals surface area contributed by atoms with E-state index in [1.165, 1.54) is 0 Å². The summed E-state index contributed by atoms with van der Waals surface area (Å²) < 4.78 is 5.82. The molecule has 2 aromatic carbocycles. The van der Waals surface area contributed by atoms with Gasteiger partial charge in [0.2, 0.25) is 0 Å². The van der Waals surface area contributed by atoms with Crippen LogP contribution in [0.25, 0.3) is 0 Å². The molecule has 3 heteroatoms. The number of ether oxygens (including phenoxy) is 1. The third-order valence-electron chi connectivity index (χ3n) is 2.55. The first kappa shape index (κ1) is 12.7. The van der Waals surface area contributed by atoms with Crippen LogP contribution >= 0.6 is 15.9 Å². The number of hydrogen-bond acceptors (Lipinski definition) is 2. The largest absolute Gasteiger partial charge is 0.457 e. The fourth-order valence-corrected chi connectivity index (χ4v) is 2.07. The Labute approximate surface area is 115 Å². The second kappa shape index (κ2) is 6.23. The van der Waals surface area contributed by atoms with Crippen molar-refractivity contribution in [3.8, 4) is 17.6 Å². The van der Waals surface area contributed by atoms with E-state index in [0.717, 1.165) is 28.0 Å². The van der Waals surface area contributed by atoms with Crippen LogP contribution in [0.15, 0.2) is 48.5 Å². The molecule has 0 unspecified atom stereocenters. The van der Waals surface area contributed by atoms with E-state index in [-0.39, 0.29) is 0 Å². The Morgan fingerprint density at radius 2 is 1.78 bits per heavy atom. The number of hydrogen-bond donors (Lipinski definition) is 0. The van der Waals surface area contributed by atoms with Crippen LogP contribution in [-0.4, -0.2) is 0 Å². The molecule has 2 nitrogen and oxygen atoms in total. The highest BCUT2D eigenvalue weighted by molar-refractivity contribution is 9.08. The number of halogens is 1. The molecule has 2 rings (SSSR count). The van der Waals surface area contributed by atoms with Crippen LogP contribution in [0.5, 0.6) is 11.5 Å². The zero-order valence-electron chi connectivity index (χ0n) is 9.77. The van der Waals surface area contributed by atoms with E-state index in [0.29, 0.717) is 6.42 Å². The summed E-state index contributed by atoms with van der Waals surface area (Å²) in [6.45, 7) is 0. The number of nitrogens with zero attached hydrogens (tertiary/aromatic N) is 1. The van der Waals surface area contributed by atoms with Gasteiger partial charge in [0.15, 0.2) is 0 Å². The van der Waals surface area contributed by atoms with Crippen molar-refractivity contribution < 1.29 is 4.74 Å². The maximum absolute atomic E-state index is 8.61. The van der Waals surface area contributed by atoms with E-state index in [4.69, 9.17) is 10.00 Å².